The lowest BCUT2D eigenvalue weighted by Gasteiger charge is -2.22. The van der Waals surface area contributed by atoms with Gasteiger partial charge in [0, 0.05) is 5.56 Å². The lowest BCUT2D eigenvalue weighted by atomic mass is 9.86. The number of carbonyl (C=O) groups excluding carboxylic acids is 1. The summed E-state index contributed by atoms with van der Waals surface area (Å²) < 4.78 is 13.4. The van der Waals surface area contributed by atoms with Gasteiger partial charge in [-0.15, -0.1) is 0 Å². The zero-order valence-electron chi connectivity index (χ0n) is 19.1. The van der Waals surface area contributed by atoms with E-state index >= 15 is 0 Å². The third-order valence-electron chi connectivity index (χ3n) is 6.63. The molecular weight excluding hydrogens is 425 g/mol. The monoisotopic (exact) mass is 453 g/mol. The molecule has 1 heterocycles. The summed E-state index contributed by atoms with van der Waals surface area (Å²) >= 11 is 0. The van der Waals surface area contributed by atoms with Gasteiger partial charge in [-0.1, -0.05) is 74.6 Å². The Balaban J connectivity index is 1.37. The van der Waals surface area contributed by atoms with E-state index in [9.17, 15) is 9.18 Å². The number of nitrogens with zero attached hydrogens (tertiary/aromatic N) is 2. The lowest BCUT2D eigenvalue weighted by molar-refractivity contribution is -0.115. The number of fused-ring (bicyclic) bond motifs is 1. The Morgan fingerprint density at radius 3 is 2.50 bits per heavy atom. The lowest BCUT2D eigenvalue weighted by Crippen LogP contribution is -2.19. The smallest absolute Gasteiger partial charge is 0.229 e. The number of hydrogen-bond donors (Lipinski definition) is 1. The summed E-state index contributed by atoms with van der Waals surface area (Å²) in [6.07, 6.45) is 8.82. The number of rotatable bonds is 6. The van der Waals surface area contributed by atoms with Crippen molar-refractivity contribution in [2.24, 2.45) is 5.92 Å². The predicted octanol–water partition coefficient (Wildman–Crippen LogP) is 6.74. The SMILES string of the molecule is O=C(Cc1ccc2ccccc2c1)Nc1ncc(-c2ccc(F)cc2)nc1CC1CCCCC1. The van der Waals surface area contributed by atoms with E-state index in [2.05, 4.69) is 28.5 Å². The van der Waals surface area contributed by atoms with Gasteiger partial charge in [-0.05, 0) is 52.9 Å². The number of anilines is 1. The first kappa shape index (κ1) is 22.2. The molecule has 0 saturated heterocycles. The Bertz CT molecular complexity index is 1300. The fraction of sp³-hybridized carbons (Fsp3) is 0.276. The molecule has 1 aliphatic rings. The van der Waals surface area contributed by atoms with E-state index in [1.54, 1.807) is 18.3 Å². The molecule has 0 radical (unpaired) electrons. The Labute approximate surface area is 199 Å². The maximum Gasteiger partial charge on any atom is 0.229 e. The molecule has 1 saturated carbocycles. The number of carbonyl (C=O) groups is 1. The molecule has 3 aromatic carbocycles. The summed E-state index contributed by atoms with van der Waals surface area (Å²) in [5.41, 5.74) is 3.27. The first-order valence-corrected chi connectivity index (χ1v) is 12.0. The molecule has 0 unspecified atom stereocenters. The van der Waals surface area contributed by atoms with Crippen LogP contribution < -0.4 is 5.32 Å². The van der Waals surface area contributed by atoms with Gasteiger partial charge in [0.2, 0.25) is 5.91 Å². The molecule has 1 aliphatic carbocycles. The fourth-order valence-corrected chi connectivity index (χ4v) is 4.81. The highest BCUT2D eigenvalue weighted by Gasteiger charge is 2.19. The molecule has 4 aromatic rings. The maximum absolute atomic E-state index is 13.4. The van der Waals surface area contributed by atoms with Crippen molar-refractivity contribution in [2.45, 2.75) is 44.9 Å². The van der Waals surface area contributed by atoms with Crippen LogP contribution in [0.15, 0.2) is 72.9 Å². The summed E-state index contributed by atoms with van der Waals surface area (Å²) in [7, 11) is 0. The minimum absolute atomic E-state index is 0.107. The van der Waals surface area contributed by atoms with Crippen LogP contribution >= 0.6 is 0 Å². The van der Waals surface area contributed by atoms with E-state index < -0.39 is 0 Å². The largest absolute Gasteiger partial charge is 0.309 e. The van der Waals surface area contributed by atoms with E-state index in [-0.39, 0.29) is 18.1 Å². The molecule has 5 heteroatoms. The molecule has 1 amide bonds. The first-order valence-electron chi connectivity index (χ1n) is 12.0. The van der Waals surface area contributed by atoms with Gasteiger partial charge >= 0.3 is 0 Å². The number of halogens is 1. The molecule has 0 atom stereocenters. The summed E-state index contributed by atoms with van der Waals surface area (Å²) in [6, 6.07) is 20.5. The Kier molecular flexibility index (Phi) is 6.61. The van der Waals surface area contributed by atoms with Gasteiger partial charge in [0.05, 0.1) is 24.0 Å². The third-order valence-corrected chi connectivity index (χ3v) is 6.63. The third kappa shape index (κ3) is 5.30. The van der Waals surface area contributed by atoms with Crippen LogP contribution in [0.1, 0.15) is 43.4 Å². The molecule has 5 rings (SSSR count). The normalized spacial score (nSPS) is 14.3. The van der Waals surface area contributed by atoms with E-state index in [0.717, 1.165) is 34.0 Å². The van der Waals surface area contributed by atoms with Gasteiger partial charge in [-0.3, -0.25) is 4.79 Å². The number of nitrogens with one attached hydrogen (secondary N) is 1. The van der Waals surface area contributed by atoms with Crippen LogP contribution in [0.2, 0.25) is 0 Å². The average Bonchev–Trinajstić information content (AvgIpc) is 2.86. The van der Waals surface area contributed by atoms with Crippen LogP contribution in [0.5, 0.6) is 0 Å². The average molecular weight is 454 g/mol. The van der Waals surface area contributed by atoms with Gasteiger partial charge < -0.3 is 5.32 Å². The van der Waals surface area contributed by atoms with Crippen molar-refractivity contribution < 1.29 is 9.18 Å². The van der Waals surface area contributed by atoms with Crippen LogP contribution in [0.3, 0.4) is 0 Å². The number of amides is 1. The van der Waals surface area contributed by atoms with Crippen LogP contribution in [-0.2, 0) is 17.6 Å². The number of hydrogen-bond acceptors (Lipinski definition) is 3. The number of benzene rings is 3. The molecule has 34 heavy (non-hydrogen) atoms. The summed E-state index contributed by atoms with van der Waals surface area (Å²) in [6.45, 7) is 0. The highest BCUT2D eigenvalue weighted by atomic mass is 19.1. The molecular formula is C29H28FN3O. The summed E-state index contributed by atoms with van der Waals surface area (Å²) in [5, 5.41) is 5.29. The summed E-state index contributed by atoms with van der Waals surface area (Å²) in [5.74, 6) is 0.686. The molecule has 4 nitrogen and oxygen atoms in total. The van der Waals surface area contributed by atoms with Gasteiger partial charge in [-0.25, -0.2) is 14.4 Å². The fourth-order valence-electron chi connectivity index (χ4n) is 4.81. The second-order valence-corrected chi connectivity index (χ2v) is 9.17. The molecule has 1 aromatic heterocycles. The van der Waals surface area contributed by atoms with Crippen molar-refractivity contribution >= 4 is 22.5 Å². The molecule has 0 aliphatic heterocycles. The van der Waals surface area contributed by atoms with E-state index in [0.29, 0.717) is 17.4 Å². The molecule has 0 spiro atoms. The highest BCUT2D eigenvalue weighted by molar-refractivity contribution is 5.93. The van der Waals surface area contributed by atoms with Crippen LogP contribution in [0, 0.1) is 11.7 Å². The van der Waals surface area contributed by atoms with Gasteiger partial charge in [-0.2, -0.15) is 0 Å². The zero-order valence-corrected chi connectivity index (χ0v) is 19.1. The minimum Gasteiger partial charge on any atom is -0.309 e. The molecule has 1 fully saturated rings. The van der Waals surface area contributed by atoms with Gasteiger partial charge in [0.15, 0.2) is 5.82 Å². The second kappa shape index (κ2) is 10.1. The van der Waals surface area contributed by atoms with Crippen molar-refractivity contribution in [3.8, 4) is 11.3 Å². The quantitative estimate of drug-likeness (QED) is 0.352. The van der Waals surface area contributed by atoms with Crippen LogP contribution in [0.4, 0.5) is 10.2 Å². The van der Waals surface area contributed by atoms with E-state index in [1.807, 2.05) is 24.3 Å². The van der Waals surface area contributed by atoms with Crippen LogP contribution in [-0.4, -0.2) is 15.9 Å². The minimum atomic E-state index is -0.281. The zero-order chi connectivity index (χ0) is 23.3. The van der Waals surface area contributed by atoms with Crippen molar-refractivity contribution in [2.75, 3.05) is 5.32 Å². The number of aromatic nitrogens is 2. The molecule has 172 valence electrons. The van der Waals surface area contributed by atoms with Crippen molar-refractivity contribution in [1.82, 2.24) is 9.97 Å². The topological polar surface area (TPSA) is 54.9 Å². The molecule has 0 bridgehead atoms. The van der Waals surface area contributed by atoms with E-state index in [4.69, 9.17) is 4.98 Å². The van der Waals surface area contributed by atoms with Crippen LogP contribution in [0.25, 0.3) is 22.0 Å². The Morgan fingerprint density at radius 2 is 1.71 bits per heavy atom. The highest BCUT2D eigenvalue weighted by Crippen LogP contribution is 2.29. The van der Waals surface area contributed by atoms with Crippen molar-refractivity contribution in [1.29, 1.82) is 0 Å². The summed E-state index contributed by atoms with van der Waals surface area (Å²) in [4.78, 5) is 22.4. The Morgan fingerprint density at radius 1 is 0.941 bits per heavy atom. The van der Waals surface area contributed by atoms with Gasteiger partial charge in [0.25, 0.3) is 0 Å². The Hall–Kier alpha value is -3.60. The van der Waals surface area contributed by atoms with Crippen molar-refractivity contribution in [3.05, 3.63) is 90.0 Å². The second-order valence-electron chi connectivity index (χ2n) is 9.17. The van der Waals surface area contributed by atoms with Crippen molar-refractivity contribution in [3.63, 3.8) is 0 Å². The maximum atomic E-state index is 13.4. The molecule has 1 N–H and O–H groups in total. The van der Waals surface area contributed by atoms with Gasteiger partial charge in [0.1, 0.15) is 5.82 Å². The standard InChI is InChI=1S/C29H28FN3O/c30-25-14-12-23(13-15-25)27-19-31-29(26(32-27)17-20-6-2-1-3-7-20)33-28(34)18-21-10-11-22-8-4-5-9-24(22)16-21/h4-5,8-16,19-20H,1-3,6-7,17-18H2,(H,31,33,34). The first-order chi connectivity index (χ1) is 16.6. The van der Waals surface area contributed by atoms with E-state index in [1.165, 1.54) is 44.2 Å². The predicted molar refractivity (Wildman–Crippen MR) is 134 cm³/mol.